The lowest BCUT2D eigenvalue weighted by molar-refractivity contribution is -0.137. The van der Waals surface area contributed by atoms with Crippen molar-refractivity contribution in [1.82, 2.24) is 0 Å². The average molecular weight is 303 g/mol. The lowest BCUT2D eigenvalue weighted by atomic mass is 10.2. The highest BCUT2D eigenvalue weighted by Crippen LogP contribution is 2.29. The average Bonchev–Trinajstić information content (AvgIpc) is 2.03. The highest BCUT2D eigenvalue weighted by Gasteiger charge is 2.29. The van der Waals surface area contributed by atoms with E-state index in [2.05, 4.69) is 5.32 Å². The molecule has 0 radical (unpaired) electrons. The Morgan fingerprint density at radius 2 is 1.54 bits per heavy atom. The summed E-state index contributed by atoms with van der Waals surface area (Å²) < 4.78 is 36.0. The molecule has 1 nitrogen and oxygen atoms in total. The van der Waals surface area contributed by atoms with Gasteiger partial charge in [-0.05, 0) is 24.3 Å². The van der Waals surface area contributed by atoms with E-state index in [4.69, 9.17) is 0 Å². The second kappa shape index (κ2) is 4.69. The van der Waals surface area contributed by atoms with Crippen LogP contribution in [-0.4, -0.2) is 7.05 Å². The number of hydrogen-bond acceptors (Lipinski definition) is 1. The molecule has 0 spiro atoms. The van der Waals surface area contributed by atoms with E-state index in [1.54, 1.807) is 7.05 Å². The maximum atomic E-state index is 12.0. The van der Waals surface area contributed by atoms with Crippen LogP contribution in [0.25, 0.3) is 0 Å². The summed E-state index contributed by atoms with van der Waals surface area (Å²) in [4.78, 5) is 0. The normalized spacial score (nSPS) is 10.5. The number of alkyl halides is 3. The third-order valence-electron chi connectivity index (χ3n) is 1.50. The second-order valence-electron chi connectivity index (χ2n) is 2.33. The van der Waals surface area contributed by atoms with Gasteiger partial charge >= 0.3 is 6.18 Å². The largest absolute Gasteiger partial charge is 0.416 e. The Hall–Kier alpha value is -0.460. The molecule has 0 aliphatic carbocycles. The predicted octanol–water partition coefficient (Wildman–Crippen LogP) is 3.37. The molecular weight excluding hydrogens is 294 g/mol. The molecule has 0 fully saturated rings. The van der Waals surface area contributed by atoms with Gasteiger partial charge in [0.25, 0.3) is 0 Å². The molecule has 0 aliphatic rings. The van der Waals surface area contributed by atoms with E-state index in [9.17, 15) is 13.2 Å². The Kier molecular flexibility index (Phi) is 4.52. The number of halogens is 4. The van der Waals surface area contributed by atoms with Crippen molar-refractivity contribution in [2.45, 2.75) is 6.18 Å². The highest BCUT2D eigenvalue weighted by atomic mass is 127. The quantitative estimate of drug-likeness (QED) is 0.784. The zero-order valence-corrected chi connectivity index (χ0v) is 9.18. The first-order chi connectivity index (χ1) is 5.54. The first-order valence-corrected chi connectivity index (χ1v) is 3.39. The summed E-state index contributed by atoms with van der Waals surface area (Å²) >= 11 is 0. The van der Waals surface area contributed by atoms with Gasteiger partial charge in [0.2, 0.25) is 0 Å². The summed E-state index contributed by atoms with van der Waals surface area (Å²) in [6, 6.07) is 4.88. The fourth-order valence-electron chi connectivity index (χ4n) is 0.826. The lowest BCUT2D eigenvalue weighted by Gasteiger charge is -2.06. The summed E-state index contributed by atoms with van der Waals surface area (Å²) in [5.41, 5.74) is 0.0458. The monoisotopic (exact) mass is 303 g/mol. The van der Waals surface area contributed by atoms with E-state index in [0.29, 0.717) is 5.69 Å². The van der Waals surface area contributed by atoms with Crippen LogP contribution in [0.5, 0.6) is 0 Å². The number of rotatable bonds is 1. The topological polar surface area (TPSA) is 12.0 Å². The van der Waals surface area contributed by atoms with Gasteiger partial charge in [0, 0.05) is 12.7 Å². The van der Waals surface area contributed by atoms with Crippen LogP contribution in [0.3, 0.4) is 0 Å². The molecule has 0 heterocycles. The summed E-state index contributed by atoms with van der Waals surface area (Å²) in [6.45, 7) is 0. The van der Waals surface area contributed by atoms with Crippen molar-refractivity contribution in [1.29, 1.82) is 0 Å². The lowest BCUT2D eigenvalue weighted by Crippen LogP contribution is -2.04. The minimum absolute atomic E-state index is 0. The van der Waals surface area contributed by atoms with E-state index < -0.39 is 11.7 Å². The minimum atomic E-state index is -4.24. The van der Waals surface area contributed by atoms with Crippen molar-refractivity contribution in [3.05, 3.63) is 29.8 Å². The van der Waals surface area contributed by atoms with E-state index in [1.807, 2.05) is 0 Å². The van der Waals surface area contributed by atoms with Gasteiger partial charge in [-0.25, -0.2) is 0 Å². The van der Waals surface area contributed by atoms with Crippen LogP contribution in [0.2, 0.25) is 0 Å². The molecule has 0 bridgehead atoms. The number of anilines is 1. The molecule has 1 aromatic carbocycles. The Labute approximate surface area is 91.4 Å². The molecule has 0 unspecified atom stereocenters. The van der Waals surface area contributed by atoms with Crippen LogP contribution in [-0.2, 0) is 6.18 Å². The van der Waals surface area contributed by atoms with Crippen LogP contribution in [0, 0.1) is 0 Å². The summed E-state index contributed by atoms with van der Waals surface area (Å²) in [6.07, 6.45) is -4.24. The molecule has 0 saturated heterocycles. The van der Waals surface area contributed by atoms with Crippen LogP contribution in [0.1, 0.15) is 5.56 Å². The molecule has 1 aromatic rings. The van der Waals surface area contributed by atoms with Gasteiger partial charge in [0.05, 0.1) is 5.56 Å². The molecule has 1 rings (SSSR count). The van der Waals surface area contributed by atoms with Gasteiger partial charge in [-0.15, -0.1) is 24.0 Å². The first kappa shape index (κ1) is 12.5. The zero-order chi connectivity index (χ0) is 9.19. The molecule has 0 atom stereocenters. The Morgan fingerprint density at radius 3 is 1.85 bits per heavy atom. The number of benzene rings is 1. The van der Waals surface area contributed by atoms with Crippen molar-refractivity contribution >= 4 is 29.7 Å². The van der Waals surface area contributed by atoms with Crippen molar-refractivity contribution in [2.24, 2.45) is 0 Å². The van der Waals surface area contributed by atoms with Gasteiger partial charge in [-0.3, -0.25) is 0 Å². The van der Waals surface area contributed by atoms with Crippen LogP contribution in [0.4, 0.5) is 18.9 Å². The Morgan fingerprint density at radius 1 is 1.08 bits per heavy atom. The minimum Gasteiger partial charge on any atom is -0.388 e. The molecule has 0 aromatic heterocycles. The fourth-order valence-corrected chi connectivity index (χ4v) is 0.826. The summed E-state index contributed by atoms with van der Waals surface area (Å²) in [5, 5.41) is 2.74. The summed E-state index contributed by atoms with van der Waals surface area (Å²) in [5.74, 6) is 0. The van der Waals surface area contributed by atoms with Crippen molar-refractivity contribution < 1.29 is 13.2 Å². The number of hydrogen-bond donors (Lipinski definition) is 1. The molecule has 0 saturated carbocycles. The van der Waals surface area contributed by atoms with E-state index >= 15 is 0 Å². The van der Waals surface area contributed by atoms with Gasteiger partial charge in [-0.1, -0.05) is 0 Å². The molecule has 74 valence electrons. The zero-order valence-electron chi connectivity index (χ0n) is 6.85. The second-order valence-corrected chi connectivity index (χ2v) is 2.33. The van der Waals surface area contributed by atoms with Crippen LogP contribution in [0.15, 0.2) is 24.3 Å². The molecule has 0 amide bonds. The molecule has 0 aliphatic heterocycles. The third kappa shape index (κ3) is 3.41. The number of nitrogens with one attached hydrogen (secondary N) is 1. The molecule has 13 heavy (non-hydrogen) atoms. The molecular formula is C8H9F3IN. The van der Waals surface area contributed by atoms with Crippen molar-refractivity contribution in [2.75, 3.05) is 12.4 Å². The maximum absolute atomic E-state index is 12.0. The molecule has 5 heteroatoms. The summed E-state index contributed by atoms with van der Waals surface area (Å²) in [7, 11) is 1.66. The van der Waals surface area contributed by atoms with Gasteiger partial charge < -0.3 is 5.32 Å². The predicted molar refractivity (Wildman–Crippen MR) is 56.4 cm³/mol. The van der Waals surface area contributed by atoms with Crippen LogP contribution < -0.4 is 5.32 Å². The Bertz CT molecular complexity index is 255. The van der Waals surface area contributed by atoms with E-state index in [1.165, 1.54) is 12.1 Å². The maximum Gasteiger partial charge on any atom is 0.416 e. The SMILES string of the molecule is CNc1ccc(C(F)(F)F)cc1.I. The van der Waals surface area contributed by atoms with Gasteiger partial charge in [0.15, 0.2) is 0 Å². The fraction of sp³-hybridized carbons (Fsp3) is 0.250. The molecule has 1 N–H and O–H groups in total. The Balaban J connectivity index is 0.00000144. The van der Waals surface area contributed by atoms with E-state index in [-0.39, 0.29) is 24.0 Å². The van der Waals surface area contributed by atoms with Gasteiger partial charge in [-0.2, -0.15) is 13.2 Å². The van der Waals surface area contributed by atoms with Crippen molar-refractivity contribution in [3.8, 4) is 0 Å². The van der Waals surface area contributed by atoms with Crippen molar-refractivity contribution in [3.63, 3.8) is 0 Å². The van der Waals surface area contributed by atoms with E-state index in [0.717, 1.165) is 12.1 Å². The standard InChI is InChI=1S/C8H8F3N.HI/c1-12-7-4-2-6(3-5-7)8(9,10)11;/h2-5,12H,1H3;1H. The third-order valence-corrected chi connectivity index (χ3v) is 1.50. The highest BCUT2D eigenvalue weighted by molar-refractivity contribution is 14.0. The smallest absolute Gasteiger partial charge is 0.388 e. The van der Waals surface area contributed by atoms with Crippen LogP contribution >= 0.6 is 24.0 Å². The van der Waals surface area contributed by atoms with Gasteiger partial charge in [0.1, 0.15) is 0 Å². The first-order valence-electron chi connectivity index (χ1n) is 3.39.